The SMILES string of the molecule is O=C(CC1OC[C@@H]2CCN(C(=O)CCC3CCOC3)C[C@H]12)NCc1cccnc1. The lowest BCUT2D eigenvalue weighted by Crippen LogP contribution is -2.46. The quantitative estimate of drug-likeness (QED) is 0.753. The Balaban J connectivity index is 1.24. The largest absolute Gasteiger partial charge is 0.381 e. The van der Waals surface area contributed by atoms with E-state index in [0.29, 0.717) is 44.4 Å². The summed E-state index contributed by atoms with van der Waals surface area (Å²) in [6, 6.07) is 3.80. The van der Waals surface area contributed by atoms with Gasteiger partial charge in [0.1, 0.15) is 0 Å². The number of fused-ring (bicyclic) bond motifs is 1. The Hall–Kier alpha value is -1.99. The van der Waals surface area contributed by atoms with E-state index in [0.717, 1.165) is 44.6 Å². The molecule has 1 aromatic rings. The third-order valence-corrected chi connectivity index (χ3v) is 6.55. The molecule has 4 rings (SSSR count). The average Bonchev–Trinajstić information content (AvgIpc) is 3.41. The van der Waals surface area contributed by atoms with Crippen molar-refractivity contribution in [3.63, 3.8) is 0 Å². The first kappa shape index (κ1) is 20.3. The maximum absolute atomic E-state index is 12.7. The number of aromatic nitrogens is 1. The molecule has 1 aromatic heterocycles. The highest BCUT2D eigenvalue weighted by Crippen LogP contribution is 2.36. The number of nitrogens with one attached hydrogen (secondary N) is 1. The second-order valence-electron chi connectivity index (χ2n) is 8.53. The summed E-state index contributed by atoms with van der Waals surface area (Å²) < 4.78 is 11.4. The van der Waals surface area contributed by atoms with Gasteiger partial charge in [-0.1, -0.05) is 6.07 Å². The van der Waals surface area contributed by atoms with E-state index >= 15 is 0 Å². The van der Waals surface area contributed by atoms with Gasteiger partial charge in [-0.25, -0.2) is 0 Å². The minimum atomic E-state index is -0.104. The topological polar surface area (TPSA) is 80.8 Å². The molecule has 0 aromatic carbocycles. The summed E-state index contributed by atoms with van der Waals surface area (Å²) in [5, 5.41) is 2.96. The predicted octanol–water partition coefficient (Wildman–Crippen LogP) is 1.77. The van der Waals surface area contributed by atoms with Crippen LogP contribution in [0.15, 0.2) is 24.5 Å². The van der Waals surface area contributed by atoms with Gasteiger partial charge in [0.25, 0.3) is 0 Å². The second kappa shape index (κ2) is 9.67. The van der Waals surface area contributed by atoms with E-state index in [1.165, 1.54) is 0 Å². The maximum Gasteiger partial charge on any atom is 0.222 e. The molecule has 0 radical (unpaired) electrons. The lowest BCUT2D eigenvalue weighted by Gasteiger charge is -2.36. The first-order chi connectivity index (χ1) is 14.2. The fraction of sp³-hybridized carbons (Fsp3) is 0.682. The number of pyridine rings is 1. The Labute approximate surface area is 172 Å². The molecule has 4 atom stereocenters. The third kappa shape index (κ3) is 5.34. The number of carbonyl (C=O) groups excluding carboxylic acids is 2. The summed E-state index contributed by atoms with van der Waals surface area (Å²) in [4.78, 5) is 31.2. The van der Waals surface area contributed by atoms with Crippen molar-refractivity contribution in [1.29, 1.82) is 0 Å². The molecule has 3 fully saturated rings. The molecular weight excluding hydrogens is 370 g/mol. The van der Waals surface area contributed by atoms with Crippen LogP contribution in [0.25, 0.3) is 0 Å². The van der Waals surface area contributed by atoms with Crippen LogP contribution in [0.3, 0.4) is 0 Å². The number of piperidine rings is 1. The fourth-order valence-electron chi connectivity index (χ4n) is 4.72. The minimum absolute atomic E-state index is 0.0100. The Morgan fingerprint density at radius 1 is 1.28 bits per heavy atom. The zero-order valence-electron chi connectivity index (χ0n) is 16.9. The molecule has 4 heterocycles. The van der Waals surface area contributed by atoms with Crippen molar-refractivity contribution in [2.75, 3.05) is 32.9 Å². The molecule has 2 amide bonds. The molecule has 0 spiro atoms. The lowest BCUT2D eigenvalue weighted by molar-refractivity contribution is -0.134. The predicted molar refractivity (Wildman–Crippen MR) is 107 cm³/mol. The van der Waals surface area contributed by atoms with E-state index in [-0.39, 0.29) is 23.8 Å². The number of likely N-dealkylation sites (tertiary alicyclic amines) is 1. The van der Waals surface area contributed by atoms with Gasteiger partial charge in [-0.3, -0.25) is 14.6 Å². The molecule has 0 bridgehead atoms. The maximum atomic E-state index is 12.7. The third-order valence-electron chi connectivity index (χ3n) is 6.55. The fourth-order valence-corrected chi connectivity index (χ4v) is 4.72. The average molecular weight is 402 g/mol. The zero-order valence-corrected chi connectivity index (χ0v) is 16.9. The van der Waals surface area contributed by atoms with E-state index in [1.54, 1.807) is 12.4 Å². The summed E-state index contributed by atoms with van der Waals surface area (Å²) >= 11 is 0. The number of hydrogen-bond acceptors (Lipinski definition) is 5. The van der Waals surface area contributed by atoms with Gasteiger partial charge in [0, 0.05) is 57.6 Å². The molecule has 3 saturated heterocycles. The Bertz CT molecular complexity index is 693. The van der Waals surface area contributed by atoms with Crippen molar-refractivity contribution < 1.29 is 19.1 Å². The van der Waals surface area contributed by atoms with E-state index in [2.05, 4.69) is 10.3 Å². The van der Waals surface area contributed by atoms with Crippen LogP contribution in [-0.4, -0.2) is 60.7 Å². The highest BCUT2D eigenvalue weighted by molar-refractivity contribution is 5.77. The standard InChI is InChI=1S/C22H31N3O4/c26-21(24-12-17-2-1-7-23-11-17)10-20-19-13-25(8-5-18(19)15-29-20)22(27)4-3-16-6-9-28-14-16/h1-2,7,11,16,18-20H,3-6,8-10,12-15H2,(H,24,26)/t16?,18-,19-,20?/m0/s1. The summed E-state index contributed by atoms with van der Waals surface area (Å²) in [7, 11) is 0. The van der Waals surface area contributed by atoms with Crippen molar-refractivity contribution in [3.05, 3.63) is 30.1 Å². The van der Waals surface area contributed by atoms with Crippen LogP contribution in [0.2, 0.25) is 0 Å². The van der Waals surface area contributed by atoms with Crippen molar-refractivity contribution in [3.8, 4) is 0 Å². The van der Waals surface area contributed by atoms with Crippen LogP contribution in [-0.2, 0) is 25.6 Å². The molecule has 3 aliphatic heterocycles. The molecule has 7 nitrogen and oxygen atoms in total. The molecule has 0 saturated carbocycles. The molecule has 0 aliphatic carbocycles. The van der Waals surface area contributed by atoms with Gasteiger partial charge in [0.15, 0.2) is 0 Å². The normalized spacial score (nSPS) is 28.9. The zero-order chi connectivity index (χ0) is 20.1. The summed E-state index contributed by atoms with van der Waals surface area (Å²) in [6.07, 6.45) is 7.28. The van der Waals surface area contributed by atoms with Gasteiger partial charge in [-0.2, -0.15) is 0 Å². The van der Waals surface area contributed by atoms with Gasteiger partial charge in [-0.15, -0.1) is 0 Å². The van der Waals surface area contributed by atoms with Crippen LogP contribution in [0.1, 0.15) is 37.7 Å². The van der Waals surface area contributed by atoms with Gasteiger partial charge in [0.05, 0.1) is 19.1 Å². The van der Waals surface area contributed by atoms with E-state index in [4.69, 9.17) is 9.47 Å². The molecule has 2 unspecified atom stereocenters. The van der Waals surface area contributed by atoms with Crippen LogP contribution < -0.4 is 5.32 Å². The van der Waals surface area contributed by atoms with Crippen molar-refractivity contribution in [2.24, 2.45) is 17.8 Å². The lowest BCUT2D eigenvalue weighted by atomic mass is 9.83. The summed E-state index contributed by atoms with van der Waals surface area (Å²) in [5.41, 5.74) is 0.980. The van der Waals surface area contributed by atoms with Crippen molar-refractivity contribution in [1.82, 2.24) is 15.2 Å². The van der Waals surface area contributed by atoms with Gasteiger partial charge >= 0.3 is 0 Å². The highest BCUT2D eigenvalue weighted by Gasteiger charge is 2.42. The van der Waals surface area contributed by atoms with Gasteiger partial charge in [-0.05, 0) is 42.7 Å². The highest BCUT2D eigenvalue weighted by atomic mass is 16.5. The monoisotopic (exact) mass is 401 g/mol. The molecule has 3 aliphatic rings. The molecule has 1 N–H and O–H groups in total. The summed E-state index contributed by atoms with van der Waals surface area (Å²) in [6.45, 7) is 4.32. The molecular formula is C22H31N3O4. The Morgan fingerprint density at radius 3 is 3.00 bits per heavy atom. The van der Waals surface area contributed by atoms with Crippen LogP contribution >= 0.6 is 0 Å². The molecule has 29 heavy (non-hydrogen) atoms. The van der Waals surface area contributed by atoms with Gasteiger partial charge < -0.3 is 19.7 Å². The van der Waals surface area contributed by atoms with E-state index in [1.807, 2.05) is 17.0 Å². The van der Waals surface area contributed by atoms with E-state index < -0.39 is 0 Å². The minimum Gasteiger partial charge on any atom is -0.381 e. The van der Waals surface area contributed by atoms with Crippen LogP contribution in [0, 0.1) is 17.8 Å². The van der Waals surface area contributed by atoms with Gasteiger partial charge in [0.2, 0.25) is 11.8 Å². The first-order valence-corrected chi connectivity index (χ1v) is 10.8. The molecule has 7 heteroatoms. The van der Waals surface area contributed by atoms with E-state index in [9.17, 15) is 9.59 Å². The molecule has 158 valence electrons. The van der Waals surface area contributed by atoms with Crippen LogP contribution in [0.5, 0.6) is 0 Å². The smallest absolute Gasteiger partial charge is 0.222 e. The number of ether oxygens (including phenoxy) is 2. The van der Waals surface area contributed by atoms with Crippen LogP contribution in [0.4, 0.5) is 0 Å². The number of carbonyl (C=O) groups is 2. The summed E-state index contributed by atoms with van der Waals surface area (Å²) in [5.74, 6) is 1.47. The second-order valence-corrected chi connectivity index (χ2v) is 8.53. The van der Waals surface area contributed by atoms with Crippen molar-refractivity contribution >= 4 is 11.8 Å². The number of hydrogen-bond donors (Lipinski definition) is 1. The Kier molecular flexibility index (Phi) is 6.77. The number of nitrogens with zero attached hydrogens (tertiary/aromatic N) is 2. The number of rotatable bonds is 7. The first-order valence-electron chi connectivity index (χ1n) is 10.8. The number of amides is 2. The Morgan fingerprint density at radius 2 is 2.21 bits per heavy atom. The van der Waals surface area contributed by atoms with Crippen molar-refractivity contribution in [2.45, 2.75) is 44.8 Å².